The third-order valence-electron chi connectivity index (χ3n) is 6.51. The highest BCUT2D eigenvalue weighted by Crippen LogP contribution is 2.17. The average molecular weight is 637 g/mol. The maximum atomic E-state index is 13.6. The number of phenolic OH excluding ortho intramolecular Hbond substituents is 1. The molecule has 13 N–H and O–H groups in total. The van der Waals surface area contributed by atoms with E-state index in [4.69, 9.17) is 22.9 Å². The maximum absolute atomic E-state index is 13.6. The van der Waals surface area contributed by atoms with Gasteiger partial charge in [0.15, 0.2) is 5.96 Å². The third kappa shape index (κ3) is 12.4. The quantitative estimate of drug-likeness (QED) is 0.0506. The van der Waals surface area contributed by atoms with Gasteiger partial charge in [0.25, 0.3) is 0 Å². The highest BCUT2D eigenvalue weighted by molar-refractivity contribution is 6.06. The van der Waals surface area contributed by atoms with Gasteiger partial charge in [0, 0.05) is 13.0 Å². The van der Waals surface area contributed by atoms with Gasteiger partial charge in [-0.3, -0.25) is 33.9 Å². The van der Waals surface area contributed by atoms with E-state index in [9.17, 15) is 44.1 Å². The second-order valence-electron chi connectivity index (χ2n) is 11.4. The normalized spacial score (nSPS) is 13.9. The SMILES string of the molecule is CC(C)[C@H](NC(=O)[C@H](CC(=O)O)N(C(=O)[C@@H](N)CCCN=C(N)N)C(=O)C(C)(C)N)C(=O)N[C@@H](Cc1ccc(O)cc1)C(=O)O. The number of carboxylic acid groups (broad SMARTS) is 2. The number of amides is 4. The van der Waals surface area contributed by atoms with Crippen LogP contribution in [0.3, 0.4) is 0 Å². The van der Waals surface area contributed by atoms with Crippen LogP contribution in [-0.2, 0) is 35.2 Å². The molecule has 0 saturated carbocycles. The summed E-state index contributed by atoms with van der Waals surface area (Å²) in [4.78, 5) is 81.6. The van der Waals surface area contributed by atoms with Gasteiger partial charge in [0.2, 0.25) is 23.6 Å². The van der Waals surface area contributed by atoms with E-state index in [1.54, 1.807) is 0 Å². The maximum Gasteiger partial charge on any atom is 0.326 e. The molecule has 1 aromatic carbocycles. The molecule has 250 valence electrons. The molecule has 1 rings (SSSR count). The molecule has 0 bridgehead atoms. The molecule has 45 heavy (non-hydrogen) atoms. The molecule has 4 atom stereocenters. The molecule has 0 spiro atoms. The Labute approximate surface area is 260 Å². The first-order valence-electron chi connectivity index (χ1n) is 14.1. The second kappa shape index (κ2) is 16.9. The molecule has 1 aromatic rings. The molecule has 0 unspecified atom stereocenters. The molecule has 0 radical (unpaired) electrons. The number of benzene rings is 1. The van der Waals surface area contributed by atoms with Crippen LogP contribution in [0.1, 0.15) is 52.5 Å². The second-order valence-corrected chi connectivity index (χ2v) is 11.4. The number of nitrogens with zero attached hydrogens (tertiary/aromatic N) is 2. The van der Waals surface area contributed by atoms with Crippen LogP contribution in [0.5, 0.6) is 5.75 Å². The summed E-state index contributed by atoms with van der Waals surface area (Å²) in [6.07, 6.45) is -1.05. The minimum atomic E-state index is -1.98. The van der Waals surface area contributed by atoms with E-state index >= 15 is 0 Å². The van der Waals surface area contributed by atoms with E-state index in [2.05, 4.69) is 15.6 Å². The van der Waals surface area contributed by atoms with Crippen LogP contribution in [0.4, 0.5) is 0 Å². The zero-order valence-electron chi connectivity index (χ0n) is 25.7. The van der Waals surface area contributed by atoms with Crippen LogP contribution >= 0.6 is 0 Å². The largest absolute Gasteiger partial charge is 0.508 e. The number of hydrogen-bond donors (Lipinski definition) is 9. The van der Waals surface area contributed by atoms with Crippen molar-refractivity contribution in [2.45, 2.75) is 83.1 Å². The summed E-state index contributed by atoms with van der Waals surface area (Å²) >= 11 is 0. The van der Waals surface area contributed by atoms with E-state index in [1.807, 2.05) is 0 Å². The van der Waals surface area contributed by atoms with Gasteiger partial charge in [-0.2, -0.15) is 0 Å². The van der Waals surface area contributed by atoms with Crippen molar-refractivity contribution in [3.63, 3.8) is 0 Å². The molecule has 0 aliphatic heterocycles. The van der Waals surface area contributed by atoms with E-state index in [0.29, 0.717) is 10.5 Å². The molecule has 17 heteroatoms. The highest BCUT2D eigenvalue weighted by atomic mass is 16.4. The van der Waals surface area contributed by atoms with Crippen LogP contribution < -0.4 is 33.6 Å². The lowest BCUT2D eigenvalue weighted by atomic mass is 9.98. The molecule has 0 aliphatic rings. The van der Waals surface area contributed by atoms with Crippen molar-refractivity contribution in [2.24, 2.45) is 33.8 Å². The number of aliphatic imine (C=N–C) groups is 1. The van der Waals surface area contributed by atoms with Gasteiger partial charge in [0.1, 0.15) is 23.9 Å². The summed E-state index contributed by atoms with van der Waals surface area (Å²) < 4.78 is 0. The van der Waals surface area contributed by atoms with Crippen molar-refractivity contribution < 1.29 is 44.1 Å². The first-order chi connectivity index (χ1) is 20.8. The number of hydrogen-bond acceptors (Lipinski definition) is 10. The van der Waals surface area contributed by atoms with Gasteiger partial charge in [-0.25, -0.2) is 4.79 Å². The first-order valence-corrected chi connectivity index (χ1v) is 14.1. The lowest BCUT2D eigenvalue weighted by Crippen LogP contribution is -2.64. The van der Waals surface area contributed by atoms with Gasteiger partial charge in [-0.15, -0.1) is 0 Å². The third-order valence-corrected chi connectivity index (χ3v) is 6.51. The van der Waals surface area contributed by atoms with Gasteiger partial charge in [-0.05, 0) is 50.3 Å². The molecule has 0 heterocycles. The molecule has 0 fully saturated rings. The number of carbonyl (C=O) groups is 6. The fourth-order valence-corrected chi connectivity index (χ4v) is 4.11. The number of aromatic hydroxyl groups is 1. The molecule has 0 aromatic heterocycles. The zero-order valence-corrected chi connectivity index (χ0v) is 25.7. The van der Waals surface area contributed by atoms with Gasteiger partial charge < -0.3 is 48.9 Å². The van der Waals surface area contributed by atoms with Crippen molar-refractivity contribution in [3.8, 4) is 5.75 Å². The molecule has 17 nitrogen and oxygen atoms in total. The Morgan fingerprint density at radius 2 is 1.56 bits per heavy atom. The summed E-state index contributed by atoms with van der Waals surface area (Å²) in [7, 11) is 0. The predicted octanol–water partition coefficient (Wildman–Crippen LogP) is -2.04. The lowest BCUT2D eigenvalue weighted by Gasteiger charge is -2.35. The number of nitrogens with one attached hydrogen (secondary N) is 2. The number of carbonyl (C=O) groups excluding carboxylic acids is 4. The zero-order chi connectivity index (χ0) is 34.6. The summed E-state index contributed by atoms with van der Waals surface area (Å²) in [5.41, 5.74) is 21.3. The van der Waals surface area contributed by atoms with Crippen molar-refractivity contribution in [1.29, 1.82) is 0 Å². The molecular weight excluding hydrogens is 592 g/mol. The smallest absolute Gasteiger partial charge is 0.326 e. The monoisotopic (exact) mass is 636 g/mol. The molecular formula is C28H44N8O9. The average Bonchev–Trinajstić information content (AvgIpc) is 2.92. The van der Waals surface area contributed by atoms with E-state index in [0.717, 1.165) is 0 Å². The van der Waals surface area contributed by atoms with Crippen molar-refractivity contribution in [2.75, 3.05) is 6.54 Å². The van der Waals surface area contributed by atoms with Crippen LogP contribution in [0.15, 0.2) is 29.3 Å². The Bertz CT molecular complexity index is 1260. The standard InChI is InChI=1S/C28H44N8O9/c1-14(2)21(23(41)34-18(25(43)44)12-15-7-9-16(37)10-8-15)35-22(40)19(13-20(38)39)36(26(45)28(3,4)32)24(42)17(29)6-5-11-33-27(30)31/h7-10,14,17-19,21,37H,5-6,11-13,29,32H2,1-4H3,(H,34,41)(H,35,40)(H,38,39)(H,43,44)(H4,30,31,33)/t17-,18-,19-,21-/m0/s1. The lowest BCUT2D eigenvalue weighted by molar-refractivity contribution is -0.158. The number of carboxylic acids is 2. The number of rotatable bonds is 17. The minimum Gasteiger partial charge on any atom is -0.508 e. The molecule has 0 aliphatic carbocycles. The molecule has 0 saturated heterocycles. The first kappa shape index (κ1) is 38.3. The van der Waals surface area contributed by atoms with Crippen LogP contribution in [-0.4, -0.2) is 98.0 Å². The van der Waals surface area contributed by atoms with Gasteiger partial charge >= 0.3 is 11.9 Å². The number of nitrogens with two attached hydrogens (primary N) is 4. The number of imide groups is 1. The van der Waals surface area contributed by atoms with Crippen LogP contribution in [0, 0.1) is 5.92 Å². The number of aliphatic carboxylic acids is 2. The van der Waals surface area contributed by atoms with E-state index in [1.165, 1.54) is 52.0 Å². The Kier molecular flexibility index (Phi) is 14.4. The number of guanidine groups is 1. The summed E-state index contributed by atoms with van der Waals surface area (Å²) in [6.45, 7) is 5.68. The Balaban J connectivity index is 3.35. The summed E-state index contributed by atoms with van der Waals surface area (Å²) in [5.74, 6) is -8.11. The van der Waals surface area contributed by atoms with Crippen LogP contribution in [0.25, 0.3) is 0 Å². The Hall–Kier alpha value is -4.77. The molecule has 4 amide bonds. The van der Waals surface area contributed by atoms with Crippen LogP contribution in [0.2, 0.25) is 0 Å². The highest BCUT2D eigenvalue weighted by Gasteiger charge is 2.43. The predicted molar refractivity (Wildman–Crippen MR) is 162 cm³/mol. The van der Waals surface area contributed by atoms with Gasteiger partial charge in [0.05, 0.1) is 18.0 Å². The van der Waals surface area contributed by atoms with Crippen molar-refractivity contribution in [3.05, 3.63) is 29.8 Å². The van der Waals surface area contributed by atoms with E-state index < -0.39 is 77.6 Å². The Morgan fingerprint density at radius 3 is 2.02 bits per heavy atom. The summed E-state index contributed by atoms with van der Waals surface area (Å²) in [5, 5.41) is 33.5. The Morgan fingerprint density at radius 1 is 0.978 bits per heavy atom. The number of phenols is 1. The van der Waals surface area contributed by atoms with Crippen molar-refractivity contribution >= 4 is 41.5 Å². The minimum absolute atomic E-state index is 0.0379. The van der Waals surface area contributed by atoms with Gasteiger partial charge in [-0.1, -0.05) is 26.0 Å². The summed E-state index contributed by atoms with van der Waals surface area (Å²) in [6, 6.07) is -0.562. The topological polar surface area (TPSA) is 307 Å². The fourth-order valence-electron chi connectivity index (χ4n) is 4.11. The van der Waals surface area contributed by atoms with E-state index in [-0.39, 0.29) is 37.5 Å². The van der Waals surface area contributed by atoms with Crippen molar-refractivity contribution in [1.82, 2.24) is 15.5 Å². The fraction of sp³-hybridized carbons (Fsp3) is 0.536.